The fourth-order valence-electron chi connectivity index (χ4n) is 1.05. The van der Waals surface area contributed by atoms with Gasteiger partial charge in [0.15, 0.2) is 0 Å². The zero-order valence-corrected chi connectivity index (χ0v) is 9.73. The van der Waals surface area contributed by atoms with E-state index in [1.807, 2.05) is 6.92 Å². The molecule has 6 heteroatoms. The van der Waals surface area contributed by atoms with Crippen molar-refractivity contribution in [3.05, 3.63) is 0 Å². The van der Waals surface area contributed by atoms with Crippen LogP contribution in [0.25, 0.3) is 0 Å². The van der Waals surface area contributed by atoms with Crippen molar-refractivity contribution < 1.29 is 13.2 Å². The van der Waals surface area contributed by atoms with E-state index >= 15 is 0 Å². The van der Waals surface area contributed by atoms with Crippen LogP contribution in [0.5, 0.6) is 0 Å². The molecule has 5 nitrogen and oxygen atoms in total. The number of nitrogens with zero attached hydrogens (tertiary/aromatic N) is 1. The zero-order chi connectivity index (χ0) is 11.2. The third-order valence-electron chi connectivity index (χ3n) is 1.68. The van der Waals surface area contributed by atoms with Gasteiger partial charge in [-0.15, -0.1) is 0 Å². The number of carbonyl (C=O) groups is 1. The average Bonchev–Trinajstić information content (AvgIpc) is 2.00. The fraction of sp³-hybridized carbons (Fsp3) is 0.875. The Kier molecular flexibility index (Phi) is 5.71. The van der Waals surface area contributed by atoms with Gasteiger partial charge in [0.1, 0.15) is 0 Å². The number of sulfonamides is 1. The summed E-state index contributed by atoms with van der Waals surface area (Å²) < 4.78 is 23.8. The van der Waals surface area contributed by atoms with Gasteiger partial charge in [0.2, 0.25) is 15.9 Å². The van der Waals surface area contributed by atoms with Crippen molar-refractivity contribution in [2.75, 3.05) is 25.9 Å². The van der Waals surface area contributed by atoms with Gasteiger partial charge in [0, 0.05) is 26.6 Å². The minimum absolute atomic E-state index is 0.144. The molecule has 0 saturated carbocycles. The van der Waals surface area contributed by atoms with Gasteiger partial charge in [-0.1, -0.05) is 6.92 Å². The Labute approximate surface area is 85.5 Å². The van der Waals surface area contributed by atoms with Crippen LogP contribution in [-0.2, 0) is 14.8 Å². The Bertz CT molecular complexity index is 274. The molecule has 84 valence electrons. The highest BCUT2D eigenvalue weighted by atomic mass is 32.2. The summed E-state index contributed by atoms with van der Waals surface area (Å²) in [6.45, 7) is 4.52. The summed E-state index contributed by atoms with van der Waals surface area (Å²) >= 11 is 0. The Hall–Kier alpha value is -0.620. The molecule has 0 aromatic heterocycles. The summed E-state index contributed by atoms with van der Waals surface area (Å²) in [6.07, 6.45) is 1.95. The third-order valence-corrected chi connectivity index (χ3v) is 2.98. The van der Waals surface area contributed by atoms with Crippen LogP contribution in [0.15, 0.2) is 0 Å². The van der Waals surface area contributed by atoms with E-state index in [4.69, 9.17) is 0 Å². The molecular weight excluding hydrogens is 204 g/mol. The predicted molar refractivity (Wildman–Crippen MR) is 55.4 cm³/mol. The molecule has 0 aliphatic heterocycles. The van der Waals surface area contributed by atoms with Crippen molar-refractivity contribution in [3.63, 3.8) is 0 Å². The van der Waals surface area contributed by atoms with E-state index < -0.39 is 10.0 Å². The molecule has 1 amide bonds. The molecule has 0 aliphatic rings. The molecule has 0 bridgehead atoms. The first-order valence-corrected chi connectivity index (χ1v) is 6.42. The molecule has 0 aromatic rings. The third kappa shape index (κ3) is 5.93. The lowest BCUT2D eigenvalue weighted by Crippen LogP contribution is -2.37. The van der Waals surface area contributed by atoms with Crippen LogP contribution in [0.2, 0.25) is 0 Å². The van der Waals surface area contributed by atoms with Crippen molar-refractivity contribution in [2.45, 2.75) is 20.3 Å². The Morgan fingerprint density at radius 3 is 2.29 bits per heavy atom. The monoisotopic (exact) mass is 222 g/mol. The van der Waals surface area contributed by atoms with Crippen molar-refractivity contribution >= 4 is 15.9 Å². The van der Waals surface area contributed by atoms with Gasteiger partial charge in [-0.2, -0.15) is 0 Å². The standard InChI is InChI=1S/C8H18N2O3S/c1-4-6-10(14(3,12)13)7-5-9-8(2)11/h4-7H2,1-3H3,(H,9,11). The van der Waals surface area contributed by atoms with Crippen molar-refractivity contribution in [1.82, 2.24) is 9.62 Å². The maximum absolute atomic E-state index is 11.2. The van der Waals surface area contributed by atoms with Gasteiger partial charge in [-0.25, -0.2) is 12.7 Å². The van der Waals surface area contributed by atoms with E-state index in [1.54, 1.807) is 0 Å². The smallest absolute Gasteiger partial charge is 0.216 e. The van der Waals surface area contributed by atoms with E-state index in [2.05, 4.69) is 5.32 Å². The van der Waals surface area contributed by atoms with E-state index in [0.717, 1.165) is 6.42 Å². The number of hydrogen-bond donors (Lipinski definition) is 1. The number of hydrogen-bond acceptors (Lipinski definition) is 3. The molecule has 0 fully saturated rings. The number of rotatable bonds is 6. The molecule has 0 radical (unpaired) electrons. The SMILES string of the molecule is CCCN(CCNC(C)=O)S(C)(=O)=O. The first kappa shape index (κ1) is 13.4. The summed E-state index contributed by atoms with van der Waals surface area (Å²) in [5.41, 5.74) is 0. The van der Waals surface area contributed by atoms with Gasteiger partial charge < -0.3 is 5.32 Å². The zero-order valence-electron chi connectivity index (χ0n) is 8.91. The molecule has 0 atom stereocenters. The quantitative estimate of drug-likeness (QED) is 0.676. The van der Waals surface area contributed by atoms with Gasteiger partial charge in [-0.05, 0) is 6.42 Å². The maximum Gasteiger partial charge on any atom is 0.216 e. The molecular formula is C8H18N2O3S. The summed E-state index contributed by atoms with van der Waals surface area (Å²) in [6, 6.07) is 0. The number of carbonyl (C=O) groups excluding carboxylic acids is 1. The van der Waals surface area contributed by atoms with Gasteiger partial charge in [0.25, 0.3) is 0 Å². The van der Waals surface area contributed by atoms with E-state index in [9.17, 15) is 13.2 Å². The predicted octanol–water partition coefficient (Wildman–Crippen LogP) is -0.206. The van der Waals surface area contributed by atoms with Crippen LogP contribution in [0.4, 0.5) is 0 Å². The fourth-order valence-corrected chi connectivity index (χ4v) is 1.99. The lowest BCUT2D eigenvalue weighted by Gasteiger charge is -2.18. The van der Waals surface area contributed by atoms with Gasteiger partial charge >= 0.3 is 0 Å². The van der Waals surface area contributed by atoms with Crippen LogP contribution in [0.3, 0.4) is 0 Å². The first-order valence-electron chi connectivity index (χ1n) is 4.57. The lowest BCUT2D eigenvalue weighted by atomic mass is 10.4. The molecule has 1 N–H and O–H groups in total. The Morgan fingerprint density at radius 1 is 1.36 bits per heavy atom. The highest BCUT2D eigenvalue weighted by molar-refractivity contribution is 7.88. The molecule has 0 spiro atoms. The van der Waals surface area contributed by atoms with Crippen LogP contribution in [0.1, 0.15) is 20.3 Å². The number of nitrogens with one attached hydrogen (secondary N) is 1. The molecule has 0 aliphatic carbocycles. The largest absolute Gasteiger partial charge is 0.355 e. The summed E-state index contributed by atoms with van der Waals surface area (Å²) in [5.74, 6) is -0.144. The Morgan fingerprint density at radius 2 is 1.93 bits per heavy atom. The summed E-state index contributed by atoms with van der Waals surface area (Å²) in [7, 11) is -3.14. The molecule has 0 unspecified atom stereocenters. The van der Waals surface area contributed by atoms with Crippen molar-refractivity contribution in [2.24, 2.45) is 0 Å². The van der Waals surface area contributed by atoms with E-state index in [0.29, 0.717) is 19.6 Å². The molecule has 0 heterocycles. The first-order chi connectivity index (χ1) is 6.38. The second-order valence-electron chi connectivity index (χ2n) is 3.15. The van der Waals surface area contributed by atoms with Crippen LogP contribution >= 0.6 is 0 Å². The lowest BCUT2D eigenvalue weighted by molar-refractivity contribution is -0.118. The van der Waals surface area contributed by atoms with Crippen molar-refractivity contribution in [1.29, 1.82) is 0 Å². The molecule has 0 rings (SSSR count). The highest BCUT2D eigenvalue weighted by Crippen LogP contribution is 1.97. The van der Waals surface area contributed by atoms with Crippen molar-refractivity contribution in [3.8, 4) is 0 Å². The highest BCUT2D eigenvalue weighted by Gasteiger charge is 2.14. The summed E-state index contributed by atoms with van der Waals surface area (Å²) in [4.78, 5) is 10.6. The molecule has 0 aromatic carbocycles. The van der Waals surface area contributed by atoms with Crippen LogP contribution in [-0.4, -0.2) is 44.5 Å². The average molecular weight is 222 g/mol. The Balaban J connectivity index is 4.05. The topological polar surface area (TPSA) is 66.5 Å². The van der Waals surface area contributed by atoms with E-state index in [1.165, 1.54) is 17.5 Å². The summed E-state index contributed by atoms with van der Waals surface area (Å²) in [5, 5.41) is 2.56. The normalized spacial score (nSPS) is 11.7. The van der Waals surface area contributed by atoms with Gasteiger partial charge in [0.05, 0.1) is 6.26 Å². The van der Waals surface area contributed by atoms with Crippen LogP contribution in [0, 0.1) is 0 Å². The van der Waals surface area contributed by atoms with Crippen LogP contribution < -0.4 is 5.32 Å². The second kappa shape index (κ2) is 5.98. The molecule has 14 heavy (non-hydrogen) atoms. The minimum atomic E-state index is -3.14. The molecule has 0 saturated heterocycles. The van der Waals surface area contributed by atoms with Gasteiger partial charge in [-0.3, -0.25) is 4.79 Å². The minimum Gasteiger partial charge on any atom is -0.355 e. The maximum atomic E-state index is 11.2. The van der Waals surface area contributed by atoms with E-state index in [-0.39, 0.29) is 5.91 Å². The second-order valence-corrected chi connectivity index (χ2v) is 5.13. The number of amides is 1.